The first-order chi connectivity index (χ1) is 41.7. The van der Waals surface area contributed by atoms with Gasteiger partial charge >= 0.3 is 5.97 Å². The molecule has 85 heavy (non-hydrogen) atoms. The fourth-order valence-corrected chi connectivity index (χ4v) is 10.8. The molecular formula is C74H131NO10. The van der Waals surface area contributed by atoms with Crippen LogP contribution >= 0.6 is 0 Å². The van der Waals surface area contributed by atoms with E-state index >= 15 is 0 Å². The van der Waals surface area contributed by atoms with Crippen LogP contribution in [0.5, 0.6) is 0 Å². The zero-order valence-electron chi connectivity index (χ0n) is 54.7. The van der Waals surface area contributed by atoms with Gasteiger partial charge in [0.25, 0.3) is 0 Å². The number of allylic oxidation sites excluding steroid dienone is 12. The lowest BCUT2D eigenvalue weighted by Crippen LogP contribution is -2.61. The van der Waals surface area contributed by atoms with Gasteiger partial charge < -0.3 is 45.1 Å². The second-order valence-corrected chi connectivity index (χ2v) is 24.3. The minimum absolute atomic E-state index is 0.0559. The molecule has 0 aliphatic carbocycles. The Morgan fingerprint density at radius 1 is 0.471 bits per heavy atom. The summed E-state index contributed by atoms with van der Waals surface area (Å²) in [7, 11) is 0. The second kappa shape index (κ2) is 61.1. The van der Waals surface area contributed by atoms with Crippen LogP contribution in [0.1, 0.15) is 310 Å². The molecule has 492 valence electrons. The summed E-state index contributed by atoms with van der Waals surface area (Å²) in [6.07, 6.45) is 71.0. The number of aliphatic hydroxyl groups excluding tert-OH is 5. The summed E-state index contributed by atoms with van der Waals surface area (Å²) in [5.74, 6) is -1.28. The number of esters is 1. The summed E-state index contributed by atoms with van der Waals surface area (Å²) in [5.41, 5.74) is 0. The molecule has 1 rings (SSSR count). The number of ether oxygens (including phenoxy) is 3. The van der Waals surface area contributed by atoms with E-state index in [-0.39, 0.29) is 19.4 Å². The summed E-state index contributed by atoms with van der Waals surface area (Å²) < 4.78 is 17.6. The zero-order valence-corrected chi connectivity index (χ0v) is 54.7. The van der Waals surface area contributed by atoms with Crippen LogP contribution in [0, 0.1) is 0 Å². The third-order valence-corrected chi connectivity index (χ3v) is 16.3. The molecule has 1 saturated heterocycles. The molecule has 0 radical (unpaired) electrons. The molecule has 0 aromatic rings. The Morgan fingerprint density at radius 3 is 1.22 bits per heavy atom. The minimum atomic E-state index is -1.63. The average molecular weight is 1190 g/mol. The van der Waals surface area contributed by atoms with Crippen molar-refractivity contribution < 1.29 is 49.3 Å². The minimum Gasteiger partial charge on any atom is -0.454 e. The third-order valence-electron chi connectivity index (χ3n) is 16.3. The van der Waals surface area contributed by atoms with Gasteiger partial charge in [0.1, 0.15) is 24.4 Å². The fourth-order valence-electron chi connectivity index (χ4n) is 10.8. The predicted octanol–water partition coefficient (Wildman–Crippen LogP) is 18.1. The Hall–Kier alpha value is -3.16. The van der Waals surface area contributed by atoms with E-state index in [1.54, 1.807) is 12.2 Å². The molecule has 11 heteroatoms. The second-order valence-electron chi connectivity index (χ2n) is 24.3. The maximum atomic E-state index is 13.4. The van der Waals surface area contributed by atoms with E-state index in [0.717, 1.165) is 77.0 Å². The normalized spacial score (nSPS) is 18.9. The quantitative estimate of drug-likeness (QED) is 0.0195. The van der Waals surface area contributed by atoms with Crippen LogP contribution in [0.4, 0.5) is 0 Å². The van der Waals surface area contributed by atoms with Crippen molar-refractivity contribution in [1.29, 1.82) is 0 Å². The van der Waals surface area contributed by atoms with Crippen LogP contribution in [0.2, 0.25) is 0 Å². The number of carbonyl (C=O) groups is 2. The molecule has 0 saturated carbocycles. The van der Waals surface area contributed by atoms with Gasteiger partial charge in [0.05, 0.1) is 25.4 Å². The van der Waals surface area contributed by atoms with E-state index in [2.05, 4.69) is 80.8 Å². The number of rotatable bonds is 60. The van der Waals surface area contributed by atoms with Crippen molar-refractivity contribution in [3.05, 3.63) is 85.1 Å². The van der Waals surface area contributed by atoms with Crippen LogP contribution in [-0.4, -0.2) is 99.6 Å². The van der Waals surface area contributed by atoms with Gasteiger partial charge in [-0.05, 0) is 57.8 Å². The lowest BCUT2D eigenvalue weighted by Gasteiger charge is -2.41. The Kier molecular flexibility index (Phi) is 57.4. The average Bonchev–Trinajstić information content (AvgIpc) is 3.51. The van der Waals surface area contributed by atoms with Crippen LogP contribution in [0.15, 0.2) is 85.1 Å². The van der Waals surface area contributed by atoms with Crippen LogP contribution in [0.25, 0.3) is 0 Å². The van der Waals surface area contributed by atoms with E-state index in [4.69, 9.17) is 14.2 Å². The molecule has 0 bridgehead atoms. The maximum Gasteiger partial charge on any atom is 0.306 e. The van der Waals surface area contributed by atoms with Gasteiger partial charge in [-0.3, -0.25) is 9.59 Å². The van der Waals surface area contributed by atoms with E-state index in [9.17, 15) is 35.1 Å². The van der Waals surface area contributed by atoms with Gasteiger partial charge in [-0.15, -0.1) is 0 Å². The van der Waals surface area contributed by atoms with Crippen LogP contribution in [-0.2, 0) is 23.8 Å². The molecule has 8 unspecified atom stereocenters. The summed E-state index contributed by atoms with van der Waals surface area (Å²) in [6.45, 7) is 5.65. The Bertz CT molecular complexity index is 1710. The molecule has 0 spiro atoms. The van der Waals surface area contributed by atoms with Crippen molar-refractivity contribution >= 4 is 11.9 Å². The van der Waals surface area contributed by atoms with Gasteiger partial charge in [-0.1, -0.05) is 324 Å². The molecule has 11 nitrogen and oxygen atoms in total. The molecule has 6 N–H and O–H groups in total. The van der Waals surface area contributed by atoms with Crippen molar-refractivity contribution in [2.75, 3.05) is 13.2 Å². The first-order valence-electron chi connectivity index (χ1n) is 35.4. The smallest absolute Gasteiger partial charge is 0.306 e. The fraction of sp³-hybridized carbons (Fsp3) is 0.784. The monoisotopic (exact) mass is 1190 g/mol. The number of carbonyl (C=O) groups excluding carboxylic acids is 2. The maximum absolute atomic E-state index is 13.4. The van der Waals surface area contributed by atoms with Crippen LogP contribution in [0.3, 0.4) is 0 Å². The van der Waals surface area contributed by atoms with Crippen LogP contribution < -0.4 is 5.32 Å². The molecular weight excluding hydrogens is 1060 g/mol. The summed E-state index contributed by atoms with van der Waals surface area (Å²) in [4.78, 5) is 26.6. The molecule has 1 aliphatic heterocycles. The molecule has 1 heterocycles. The highest BCUT2D eigenvalue weighted by molar-refractivity contribution is 5.81. The number of hydrogen-bond donors (Lipinski definition) is 6. The van der Waals surface area contributed by atoms with Gasteiger partial charge in [-0.2, -0.15) is 0 Å². The predicted molar refractivity (Wildman–Crippen MR) is 356 cm³/mol. The molecule has 8 atom stereocenters. The molecule has 1 fully saturated rings. The highest BCUT2D eigenvalue weighted by Gasteiger charge is 2.47. The van der Waals surface area contributed by atoms with E-state index < -0.39 is 67.4 Å². The van der Waals surface area contributed by atoms with Gasteiger partial charge in [-0.25, -0.2) is 0 Å². The van der Waals surface area contributed by atoms with Crippen molar-refractivity contribution in [2.24, 2.45) is 0 Å². The number of nitrogens with one attached hydrogen (secondary N) is 1. The lowest BCUT2D eigenvalue weighted by atomic mass is 9.99. The van der Waals surface area contributed by atoms with Gasteiger partial charge in [0.2, 0.25) is 5.91 Å². The first-order valence-corrected chi connectivity index (χ1v) is 35.4. The number of unbranched alkanes of at least 4 members (excludes halogenated alkanes) is 35. The van der Waals surface area contributed by atoms with E-state index in [1.807, 2.05) is 18.2 Å². The molecule has 1 aliphatic rings. The van der Waals surface area contributed by atoms with E-state index in [0.29, 0.717) is 12.8 Å². The van der Waals surface area contributed by atoms with Crippen molar-refractivity contribution in [3.63, 3.8) is 0 Å². The standard InChI is InChI=1S/C74H131NO10/c1-4-7-10-13-16-19-22-24-26-28-30-31-32-33-34-35-36-37-38-40-42-44-47-50-53-56-59-62-69(79)85-72-71(81)70(80)68(63-76)84-74(72)83-64-65(66(77)60-57-54-51-48-45-21-18-15-12-9-6-3)75-73(82)67(78)61-58-55-52-49-46-43-41-39-29-27-25-23-20-17-14-11-8-5-2/h8,11,17,20,25,27,39,41,46,49,55,57-58,60,65-68,70-72,74,76-78,80-81H,4-7,9-10,12-16,18-19,21-24,26,28-38,40,42-45,47-48,50-54,56,59,61-64H2,1-3H3,(H,75,82)/b11-8-,20-17-,27-25-,41-39-,49-46-,58-55-,60-57+. The molecule has 1 amide bonds. The largest absolute Gasteiger partial charge is 0.454 e. The first kappa shape index (κ1) is 79.9. The van der Waals surface area contributed by atoms with Crippen molar-refractivity contribution in [2.45, 2.75) is 359 Å². The zero-order chi connectivity index (χ0) is 61.7. The Labute approximate surface area is 521 Å². The molecule has 0 aromatic carbocycles. The Balaban J connectivity index is 2.56. The summed E-state index contributed by atoms with van der Waals surface area (Å²) >= 11 is 0. The highest BCUT2D eigenvalue weighted by atomic mass is 16.7. The summed E-state index contributed by atoms with van der Waals surface area (Å²) in [6, 6.07) is -1.07. The Morgan fingerprint density at radius 2 is 0.835 bits per heavy atom. The third kappa shape index (κ3) is 48.4. The van der Waals surface area contributed by atoms with Crippen molar-refractivity contribution in [1.82, 2.24) is 5.32 Å². The van der Waals surface area contributed by atoms with E-state index in [1.165, 1.54) is 186 Å². The number of aliphatic hydroxyl groups is 5. The summed E-state index contributed by atoms with van der Waals surface area (Å²) in [5, 5.41) is 57.0. The lowest BCUT2D eigenvalue weighted by molar-refractivity contribution is -0.305. The highest BCUT2D eigenvalue weighted by Crippen LogP contribution is 2.26. The van der Waals surface area contributed by atoms with Crippen molar-refractivity contribution in [3.8, 4) is 0 Å². The van der Waals surface area contributed by atoms with Gasteiger partial charge in [0, 0.05) is 12.8 Å². The van der Waals surface area contributed by atoms with Gasteiger partial charge in [0.15, 0.2) is 12.4 Å². The topological polar surface area (TPSA) is 175 Å². The number of amides is 1. The SMILES string of the molecule is CC/C=C\C/C=C\C/C=C\C/C=C\C/C=C\C/C=C\CC(O)C(=O)NC(COC1OC(CO)C(O)C(O)C1OC(=O)CCCCCCCCCCCCCCCCCCCCCCCCCCCCC)C(O)/C=C/CCCCCCCCCCC. The number of hydrogen-bond acceptors (Lipinski definition) is 10. The molecule has 0 aromatic heterocycles.